The molecule has 3 nitrogen and oxygen atoms in total. The van der Waals surface area contributed by atoms with Crippen LogP contribution in [0.3, 0.4) is 0 Å². The van der Waals surface area contributed by atoms with Gasteiger partial charge in [-0.3, -0.25) is 4.79 Å². The van der Waals surface area contributed by atoms with E-state index in [2.05, 4.69) is 5.32 Å². The van der Waals surface area contributed by atoms with Crippen LogP contribution in [-0.2, 0) is 17.0 Å². The highest BCUT2D eigenvalue weighted by Crippen LogP contribution is 2.18. The number of hydrogen-bond donors (Lipinski definition) is 1. The maximum absolute atomic E-state index is 11.9. The molecule has 5 heteroatoms. The summed E-state index contributed by atoms with van der Waals surface area (Å²) in [5, 5.41) is 3.66. The Bertz CT molecular complexity index is 648. The molecule has 0 aliphatic rings. The molecular formula is C18H20ClNO2S. The minimum atomic E-state index is 0.0481. The lowest BCUT2D eigenvalue weighted by Crippen LogP contribution is -2.27. The van der Waals surface area contributed by atoms with Crippen LogP contribution < -0.4 is 10.1 Å². The Morgan fingerprint density at radius 2 is 2.04 bits per heavy atom. The zero-order chi connectivity index (χ0) is 16.5. The summed E-state index contributed by atoms with van der Waals surface area (Å²) in [5.41, 5.74) is 2.23. The third-order valence-corrected chi connectivity index (χ3v) is 4.54. The third kappa shape index (κ3) is 6.16. The van der Waals surface area contributed by atoms with Crippen LogP contribution in [0, 0.1) is 0 Å². The number of methoxy groups -OCH3 is 1. The Labute approximate surface area is 146 Å². The van der Waals surface area contributed by atoms with Crippen LogP contribution in [0.1, 0.15) is 11.1 Å². The summed E-state index contributed by atoms with van der Waals surface area (Å²) in [6, 6.07) is 15.6. The topological polar surface area (TPSA) is 38.3 Å². The number of benzene rings is 2. The maximum Gasteiger partial charge on any atom is 0.230 e. The van der Waals surface area contributed by atoms with Gasteiger partial charge in [-0.05, 0) is 35.7 Å². The monoisotopic (exact) mass is 349 g/mol. The summed E-state index contributed by atoms with van der Waals surface area (Å²) in [4.78, 5) is 11.9. The summed E-state index contributed by atoms with van der Waals surface area (Å²) in [7, 11) is 1.66. The molecule has 0 bridgehead atoms. The molecule has 122 valence electrons. The lowest BCUT2D eigenvalue weighted by atomic mass is 10.1. The van der Waals surface area contributed by atoms with Gasteiger partial charge >= 0.3 is 0 Å². The summed E-state index contributed by atoms with van der Waals surface area (Å²) < 4.78 is 5.30. The van der Waals surface area contributed by atoms with Crippen molar-refractivity contribution in [1.29, 1.82) is 0 Å². The van der Waals surface area contributed by atoms with E-state index in [1.807, 2.05) is 48.5 Å². The van der Waals surface area contributed by atoms with Gasteiger partial charge in [-0.1, -0.05) is 41.9 Å². The lowest BCUT2D eigenvalue weighted by molar-refractivity contribution is -0.118. The molecule has 0 radical (unpaired) electrons. The average Bonchev–Trinajstić information content (AvgIpc) is 2.55. The van der Waals surface area contributed by atoms with Gasteiger partial charge in [0.1, 0.15) is 5.75 Å². The molecule has 0 aromatic heterocycles. The molecule has 0 heterocycles. The Morgan fingerprint density at radius 1 is 1.22 bits per heavy atom. The number of para-hydroxylation sites is 1. The molecule has 23 heavy (non-hydrogen) atoms. The molecule has 0 saturated heterocycles. The molecule has 0 aliphatic carbocycles. The van der Waals surface area contributed by atoms with Crippen molar-refractivity contribution in [2.24, 2.45) is 0 Å². The fourth-order valence-corrected chi connectivity index (χ4v) is 3.20. The highest BCUT2D eigenvalue weighted by Gasteiger charge is 2.04. The molecule has 0 unspecified atom stereocenters. The van der Waals surface area contributed by atoms with Crippen LogP contribution in [0.2, 0.25) is 5.02 Å². The van der Waals surface area contributed by atoms with Crippen LogP contribution in [-0.4, -0.2) is 25.3 Å². The first kappa shape index (κ1) is 17.7. The van der Waals surface area contributed by atoms with Crippen LogP contribution in [0.5, 0.6) is 5.75 Å². The number of nitrogens with one attached hydrogen (secondary N) is 1. The van der Waals surface area contributed by atoms with Gasteiger partial charge in [0.25, 0.3) is 0 Å². The number of halogens is 1. The summed E-state index contributed by atoms with van der Waals surface area (Å²) >= 11 is 7.52. The first-order chi connectivity index (χ1) is 11.2. The summed E-state index contributed by atoms with van der Waals surface area (Å²) in [6.07, 6.45) is 0.759. The smallest absolute Gasteiger partial charge is 0.230 e. The number of carbonyl (C=O) groups excluding carboxylic acids is 1. The second-order valence-electron chi connectivity index (χ2n) is 5.03. The van der Waals surface area contributed by atoms with Gasteiger partial charge in [0.15, 0.2) is 0 Å². The quantitative estimate of drug-likeness (QED) is 0.784. The fourth-order valence-electron chi connectivity index (χ4n) is 2.19. The number of hydrogen-bond acceptors (Lipinski definition) is 3. The molecule has 1 amide bonds. The van der Waals surface area contributed by atoms with E-state index in [1.165, 1.54) is 0 Å². The van der Waals surface area contributed by atoms with E-state index in [0.717, 1.165) is 34.1 Å². The molecule has 2 aromatic carbocycles. The van der Waals surface area contributed by atoms with Crippen molar-refractivity contribution < 1.29 is 9.53 Å². The van der Waals surface area contributed by atoms with Crippen molar-refractivity contribution >= 4 is 29.3 Å². The lowest BCUT2D eigenvalue weighted by Gasteiger charge is -2.09. The van der Waals surface area contributed by atoms with Crippen LogP contribution in [0.25, 0.3) is 0 Å². The molecular weight excluding hydrogens is 330 g/mol. The predicted molar refractivity (Wildman–Crippen MR) is 97.3 cm³/mol. The standard InChI is InChI=1S/C18H20ClNO2S/c1-22-17-8-3-2-6-15(17)9-10-20-18(21)13-23-12-14-5-4-7-16(19)11-14/h2-8,11H,9-10,12-13H2,1H3,(H,20,21). The van der Waals surface area contributed by atoms with E-state index >= 15 is 0 Å². The Balaban J connectivity index is 1.67. The summed E-state index contributed by atoms with van der Waals surface area (Å²) in [6.45, 7) is 0.608. The van der Waals surface area contributed by atoms with Crippen molar-refractivity contribution in [2.75, 3.05) is 19.4 Å². The Morgan fingerprint density at radius 3 is 2.83 bits per heavy atom. The van der Waals surface area contributed by atoms with Crippen molar-refractivity contribution in [2.45, 2.75) is 12.2 Å². The molecule has 0 fully saturated rings. The van der Waals surface area contributed by atoms with Crippen LogP contribution in [0.15, 0.2) is 48.5 Å². The predicted octanol–water partition coefficient (Wildman–Crippen LogP) is 3.94. The zero-order valence-electron chi connectivity index (χ0n) is 13.0. The molecule has 0 spiro atoms. The maximum atomic E-state index is 11.9. The van der Waals surface area contributed by atoms with E-state index in [4.69, 9.17) is 16.3 Å². The largest absolute Gasteiger partial charge is 0.496 e. The van der Waals surface area contributed by atoms with Crippen LogP contribution >= 0.6 is 23.4 Å². The summed E-state index contributed by atoms with van der Waals surface area (Å²) in [5.74, 6) is 2.13. The van der Waals surface area contributed by atoms with Gasteiger partial charge in [-0.2, -0.15) is 0 Å². The highest BCUT2D eigenvalue weighted by atomic mass is 35.5. The molecule has 2 aromatic rings. The van der Waals surface area contributed by atoms with E-state index in [1.54, 1.807) is 18.9 Å². The second kappa shape index (κ2) is 9.48. The third-order valence-electron chi connectivity index (χ3n) is 3.30. The highest BCUT2D eigenvalue weighted by molar-refractivity contribution is 7.99. The molecule has 0 aliphatic heterocycles. The SMILES string of the molecule is COc1ccccc1CCNC(=O)CSCc1cccc(Cl)c1. The normalized spacial score (nSPS) is 10.3. The van der Waals surface area contributed by atoms with Crippen LogP contribution in [0.4, 0.5) is 0 Å². The minimum Gasteiger partial charge on any atom is -0.496 e. The van der Waals surface area contributed by atoms with Gasteiger partial charge in [0.05, 0.1) is 12.9 Å². The van der Waals surface area contributed by atoms with E-state index < -0.39 is 0 Å². The van der Waals surface area contributed by atoms with E-state index in [-0.39, 0.29) is 5.91 Å². The minimum absolute atomic E-state index is 0.0481. The first-order valence-corrected chi connectivity index (χ1v) is 8.93. The zero-order valence-corrected chi connectivity index (χ0v) is 14.6. The van der Waals surface area contributed by atoms with E-state index in [9.17, 15) is 4.79 Å². The molecule has 2 rings (SSSR count). The number of thioether (sulfide) groups is 1. The van der Waals surface area contributed by atoms with Crippen molar-refractivity contribution in [3.63, 3.8) is 0 Å². The van der Waals surface area contributed by atoms with Gasteiger partial charge in [0.2, 0.25) is 5.91 Å². The number of amides is 1. The molecule has 0 atom stereocenters. The van der Waals surface area contributed by atoms with Crippen molar-refractivity contribution in [3.05, 3.63) is 64.7 Å². The van der Waals surface area contributed by atoms with Gasteiger partial charge in [-0.25, -0.2) is 0 Å². The average molecular weight is 350 g/mol. The molecule has 0 saturated carbocycles. The number of ether oxygens (including phenoxy) is 1. The number of rotatable bonds is 8. The Hall–Kier alpha value is -1.65. The van der Waals surface area contributed by atoms with Crippen molar-refractivity contribution in [1.82, 2.24) is 5.32 Å². The Kier molecular flexibility index (Phi) is 7.30. The fraction of sp³-hybridized carbons (Fsp3) is 0.278. The van der Waals surface area contributed by atoms with Crippen molar-refractivity contribution in [3.8, 4) is 5.75 Å². The number of carbonyl (C=O) groups is 1. The van der Waals surface area contributed by atoms with E-state index in [0.29, 0.717) is 12.3 Å². The van der Waals surface area contributed by atoms with Gasteiger partial charge < -0.3 is 10.1 Å². The molecule has 1 N–H and O–H groups in total. The van der Waals surface area contributed by atoms with Gasteiger partial charge in [-0.15, -0.1) is 11.8 Å². The van der Waals surface area contributed by atoms with Gasteiger partial charge in [0, 0.05) is 17.3 Å². The first-order valence-electron chi connectivity index (χ1n) is 7.40. The second-order valence-corrected chi connectivity index (χ2v) is 6.46.